The fraction of sp³-hybridized carbons (Fsp3) is 0. The second-order valence-corrected chi connectivity index (χ2v) is 4.75. The Bertz CT molecular complexity index is 550. The van der Waals surface area contributed by atoms with Crippen LogP contribution in [0.25, 0.3) is 0 Å². The summed E-state index contributed by atoms with van der Waals surface area (Å²) in [6, 6.07) is 29.6. The van der Waals surface area contributed by atoms with Crippen LogP contribution in [-0.4, -0.2) is 7.32 Å². The quantitative estimate of drug-likeness (QED) is 0.395. The molecule has 25 heavy (non-hydrogen) atoms. The molecule has 0 heterocycles. The van der Waals surface area contributed by atoms with Gasteiger partial charge in [-0.25, -0.2) is 0 Å². The van der Waals surface area contributed by atoms with Gasteiger partial charge in [-0.2, -0.15) is 0 Å². The summed E-state index contributed by atoms with van der Waals surface area (Å²) in [6.07, 6.45) is 0. The van der Waals surface area contributed by atoms with Crippen LogP contribution in [0.5, 0.6) is 0 Å². The molecule has 0 atom stereocenters. The zero-order valence-electron chi connectivity index (χ0n) is 14.1. The molecule has 9 N–H and O–H groups in total. The van der Waals surface area contributed by atoms with Crippen LogP contribution >= 0.6 is 0 Å². The average Bonchev–Trinajstić information content (AvgIpc) is 2.58. The maximum atomic E-state index is 8.42. The van der Waals surface area contributed by atoms with E-state index in [4.69, 9.17) is 15.1 Å². The SMILES string of the molecule is [NH3+]c1ccccc1.[NH3+]c1ccccc1.[NH3+]c1ccccc1.[O-]B([O-])[O-]. The topological polar surface area (TPSA) is 152 Å². The zero-order valence-corrected chi connectivity index (χ0v) is 14.1. The van der Waals surface area contributed by atoms with E-state index in [0.717, 1.165) is 17.1 Å². The van der Waals surface area contributed by atoms with Crippen LogP contribution in [-0.2, 0) is 0 Å². The van der Waals surface area contributed by atoms with Gasteiger partial charge in [0, 0.05) is 0 Å². The molecule has 0 amide bonds. The Morgan fingerprint density at radius 2 is 0.600 bits per heavy atom. The second-order valence-electron chi connectivity index (χ2n) is 4.75. The Labute approximate surface area is 148 Å². The van der Waals surface area contributed by atoms with E-state index in [9.17, 15) is 0 Å². The number of quaternary nitrogens is 3. The van der Waals surface area contributed by atoms with Crippen molar-refractivity contribution in [1.82, 2.24) is 0 Å². The number of hydrogen-bond acceptors (Lipinski definition) is 3. The molecule has 3 aromatic carbocycles. The van der Waals surface area contributed by atoms with Crippen molar-refractivity contribution in [3.05, 3.63) is 91.0 Å². The lowest BCUT2D eigenvalue weighted by Crippen LogP contribution is -2.56. The van der Waals surface area contributed by atoms with Crippen LogP contribution in [0.2, 0.25) is 0 Å². The van der Waals surface area contributed by atoms with Crippen LogP contribution < -0.4 is 32.3 Å². The van der Waals surface area contributed by atoms with Crippen molar-refractivity contribution >= 4 is 24.4 Å². The Morgan fingerprint density at radius 3 is 0.680 bits per heavy atom. The van der Waals surface area contributed by atoms with Gasteiger partial charge < -0.3 is 32.3 Å². The lowest BCUT2D eigenvalue weighted by atomic mass is 10.3. The van der Waals surface area contributed by atoms with Gasteiger partial charge in [0.2, 0.25) is 0 Å². The van der Waals surface area contributed by atoms with E-state index in [2.05, 4.69) is 17.2 Å². The van der Waals surface area contributed by atoms with Crippen LogP contribution in [0.4, 0.5) is 17.1 Å². The molecule has 0 aromatic heterocycles. The summed E-state index contributed by atoms with van der Waals surface area (Å²) in [5, 5.41) is 25.2. The fourth-order valence-corrected chi connectivity index (χ4v) is 1.43. The van der Waals surface area contributed by atoms with E-state index in [-0.39, 0.29) is 0 Å². The van der Waals surface area contributed by atoms with E-state index >= 15 is 0 Å². The first-order valence-corrected chi connectivity index (χ1v) is 7.50. The minimum Gasteiger partial charge on any atom is -0.907 e. The zero-order chi connectivity index (χ0) is 18.9. The third kappa shape index (κ3) is 17.7. The first-order valence-electron chi connectivity index (χ1n) is 7.50. The summed E-state index contributed by atoms with van der Waals surface area (Å²) in [4.78, 5) is 0. The van der Waals surface area contributed by atoms with E-state index in [1.54, 1.807) is 0 Å². The lowest BCUT2D eigenvalue weighted by Gasteiger charge is -2.35. The van der Waals surface area contributed by atoms with Crippen molar-refractivity contribution in [2.24, 2.45) is 0 Å². The normalized spacial score (nSPS) is 8.40. The standard InChI is InChI=1S/3C6H7N.BO3/c3*7-6-4-2-1-3-5-6;2-1(3)4/h3*1-5H,7H2;/q;;;-3/p+3. The molecule has 0 aliphatic heterocycles. The molecule has 0 aliphatic carbocycles. The van der Waals surface area contributed by atoms with Crippen molar-refractivity contribution in [2.45, 2.75) is 0 Å². The summed E-state index contributed by atoms with van der Waals surface area (Å²) in [6.45, 7) is 0. The van der Waals surface area contributed by atoms with E-state index in [1.807, 2.05) is 91.0 Å². The van der Waals surface area contributed by atoms with Crippen LogP contribution in [0.3, 0.4) is 0 Å². The van der Waals surface area contributed by atoms with Gasteiger partial charge >= 0.3 is 0 Å². The highest BCUT2D eigenvalue weighted by Gasteiger charge is 1.78. The first-order chi connectivity index (χ1) is 11.9. The molecule has 0 radical (unpaired) electrons. The van der Waals surface area contributed by atoms with Gasteiger partial charge in [0.1, 0.15) is 17.1 Å². The summed E-state index contributed by atoms with van der Waals surface area (Å²) in [5.74, 6) is 0. The summed E-state index contributed by atoms with van der Waals surface area (Å²) in [5.41, 5.74) is 14.4. The Kier molecular flexibility index (Phi) is 13.5. The summed E-state index contributed by atoms with van der Waals surface area (Å²) >= 11 is 0. The van der Waals surface area contributed by atoms with E-state index in [1.165, 1.54) is 0 Å². The van der Waals surface area contributed by atoms with Gasteiger partial charge in [-0.15, -0.1) is 0 Å². The highest BCUT2D eigenvalue weighted by Crippen LogP contribution is 1.94. The molecule has 0 fully saturated rings. The average molecular weight is 341 g/mol. The minimum absolute atomic E-state index is 1.07. The molecule has 3 rings (SSSR count). The Morgan fingerprint density at radius 1 is 0.440 bits per heavy atom. The number of hydrogen-bond donors (Lipinski definition) is 3. The van der Waals surface area contributed by atoms with E-state index < -0.39 is 7.32 Å². The number of rotatable bonds is 0. The summed E-state index contributed by atoms with van der Waals surface area (Å²) < 4.78 is 0. The molecule has 3 aromatic rings. The number of benzene rings is 3. The Balaban J connectivity index is 0.000000314. The van der Waals surface area contributed by atoms with Gasteiger partial charge in [-0.3, -0.25) is 7.32 Å². The van der Waals surface area contributed by atoms with Crippen LogP contribution in [0.15, 0.2) is 91.0 Å². The molecule has 0 saturated heterocycles. The molecule has 7 heteroatoms. The minimum atomic E-state index is -2.92. The van der Waals surface area contributed by atoms with Crippen molar-refractivity contribution in [1.29, 1.82) is 0 Å². The van der Waals surface area contributed by atoms with Crippen LogP contribution in [0, 0.1) is 0 Å². The molecule has 0 aliphatic rings. The fourth-order valence-electron chi connectivity index (χ4n) is 1.43. The first kappa shape index (κ1) is 22.5. The van der Waals surface area contributed by atoms with Gasteiger partial charge in [0.05, 0.1) is 0 Å². The van der Waals surface area contributed by atoms with Gasteiger partial charge in [0.15, 0.2) is 0 Å². The Hall–Kier alpha value is -2.52. The monoisotopic (exact) mass is 341 g/mol. The highest BCUT2D eigenvalue weighted by atomic mass is 16.5. The maximum Gasteiger partial charge on any atom is 0.127 e. The largest absolute Gasteiger partial charge is 0.907 e. The summed E-state index contributed by atoms with van der Waals surface area (Å²) in [7, 11) is -2.92. The molecule has 6 nitrogen and oxygen atoms in total. The van der Waals surface area contributed by atoms with Crippen molar-refractivity contribution < 1.29 is 32.3 Å². The molecule has 0 unspecified atom stereocenters. The molecular weight excluding hydrogens is 317 g/mol. The van der Waals surface area contributed by atoms with Gasteiger partial charge in [0.25, 0.3) is 0 Å². The predicted molar refractivity (Wildman–Crippen MR) is 92.7 cm³/mol. The van der Waals surface area contributed by atoms with Crippen molar-refractivity contribution in [2.75, 3.05) is 0 Å². The molecule has 0 saturated carbocycles. The molecule has 0 bridgehead atoms. The van der Waals surface area contributed by atoms with Gasteiger partial charge in [-0.1, -0.05) is 54.6 Å². The second kappa shape index (κ2) is 15.0. The predicted octanol–water partition coefficient (Wildman–Crippen LogP) is -2.27. The molecule has 132 valence electrons. The molecular formula is C18H24BN3O3. The maximum absolute atomic E-state index is 8.42. The molecule has 0 spiro atoms. The lowest BCUT2D eigenvalue weighted by molar-refractivity contribution is -0.479. The smallest absolute Gasteiger partial charge is 0.127 e. The van der Waals surface area contributed by atoms with Crippen LogP contribution in [0.1, 0.15) is 0 Å². The van der Waals surface area contributed by atoms with Gasteiger partial charge in [-0.05, 0) is 36.4 Å². The highest BCUT2D eigenvalue weighted by molar-refractivity contribution is 6.24. The van der Waals surface area contributed by atoms with Crippen molar-refractivity contribution in [3.63, 3.8) is 0 Å². The van der Waals surface area contributed by atoms with Crippen molar-refractivity contribution in [3.8, 4) is 0 Å². The third-order valence-corrected chi connectivity index (χ3v) is 2.53. The van der Waals surface area contributed by atoms with E-state index in [0.29, 0.717) is 0 Å². The third-order valence-electron chi connectivity index (χ3n) is 2.53.